The Morgan fingerprint density at radius 2 is 1.57 bits per heavy atom. The van der Waals surface area contributed by atoms with Gasteiger partial charge in [0, 0.05) is 22.4 Å². The molecule has 1 aliphatic heterocycles. The number of ether oxygens (including phenoxy) is 1. The zero-order valence-corrected chi connectivity index (χ0v) is 18.4. The number of hydrogen-bond acceptors (Lipinski definition) is 6. The average molecular weight is 468 g/mol. The summed E-state index contributed by atoms with van der Waals surface area (Å²) in [7, 11) is 0. The van der Waals surface area contributed by atoms with Gasteiger partial charge < -0.3 is 9.15 Å². The molecule has 6 nitrogen and oxygen atoms in total. The summed E-state index contributed by atoms with van der Waals surface area (Å²) in [5.74, 6) is -3.40. The molecule has 3 atom stereocenters. The predicted molar refractivity (Wildman–Crippen MR) is 123 cm³/mol. The largest absolute Gasteiger partial charge is 0.425 e. The van der Waals surface area contributed by atoms with Gasteiger partial charge in [0.25, 0.3) is 0 Å². The van der Waals surface area contributed by atoms with Crippen LogP contribution in [0.1, 0.15) is 39.1 Å². The fraction of sp³-hybridized carbons (Fsp3) is 0.143. The second-order valence-electron chi connectivity index (χ2n) is 9.02. The van der Waals surface area contributed by atoms with E-state index in [-0.39, 0.29) is 16.9 Å². The van der Waals surface area contributed by atoms with Gasteiger partial charge in [0.15, 0.2) is 17.0 Å². The summed E-state index contributed by atoms with van der Waals surface area (Å²) in [5, 5.41) is 0.500. The summed E-state index contributed by atoms with van der Waals surface area (Å²) in [6, 6.07) is 19.7. The maximum absolute atomic E-state index is 14.1. The first kappa shape index (κ1) is 21.2. The molecule has 0 unspecified atom stereocenters. The van der Waals surface area contributed by atoms with Crippen LogP contribution in [0.5, 0.6) is 5.75 Å². The van der Waals surface area contributed by atoms with Gasteiger partial charge in [-0.1, -0.05) is 43.3 Å². The van der Waals surface area contributed by atoms with Gasteiger partial charge >= 0.3 is 11.6 Å². The standard InChI is InChI=1S/C28H17FO6/c1-27(23(30)15-10-12-17(29)13-11-15)22-18-7-3-5-9-21(18)35-26(33)28(22,27)24(31)19-14-16-6-2-4-8-20(16)34-25(19)32/h2-14,22H,1H3/t22-,27-,28+/m1/s1. The average Bonchev–Trinajstić information content (AvgIpc) is 3.46. The van der Waals surface area contributed by atoms with Crippen molar-refractivity contribution in [3.8, 4) is 5.75 Å². The highest BCUT2D eigenvalue weighted by molar-refractivity contribution is 6.25. The van der Waals surface area contributed by atoms with Crippen LogP contribution in [0.15, 0.2) is 88.1 Å². The van der Waals surface area contributed by atoms with E-state index in [1.807, 2.05) is 0 Å². The lowest BCUT2D eigenvalue weighted by Gasteiger charge is -2.22. The van der Waals surface area contributed by atoms with Crippen LogP contribution < -0.4 is 10.4 Å². The molecule has 0 bridgehead atoms. The predicted octanol–water partition coefficient (Wildman–Crippen LogP) is 4.71. The molecule has 172 valence electrons. The van der Waals surface area contributed by atoms with Crippen molar-refractivity contribution in [1.29, 1.82) is 0 Å². The Balaban J connectivity index is 1.58. The highest BCUT2D eigenvalue weighted by Gasteiger charge is 2.87. The summed E-state index contributed by atoms with van der Waals surface area (Å²) in [6.45, 7) is 1.52. The van der Waals surface area contributed by atoms with E-state index >= 15 is 0 Å². The van der Waals surface area contributed by atoms with E-state index in [1.165, 1.54) is 25.1 Å². The molecule has 0 saturated heterocycles. The first-order valence-corrected chi connectivity index (χ1v) is 11.0. The van der Waals surface area contributed by atoms with Crippen molar-refractivity contribution in [2.45, 2.75) is 12.8 Å². The molecule has 2 aliphatic rings. The number of halogens is 1. The number of fused-ring (bicyclic) bond motifs is 4. The van der Waals surface area contributed by atoms with E-state index in [2.05, 4.69) is 0 Å². The molecular weight excluding hydrogens is 451 g/mol. The number of carbonyl (C=O) groups excluding carboxylic acids is 3. The van der Waals surface area contributed by atoms with Crippen LogP contribution in [0, 0.1) is 16.6 Å². The second kappa shape index (κ2) is 7.06. The number of hydrogen-bond donors (Lipinski definition) is 0. The first-order valence-electron chi connectivity index (χ1n) is 11.0. The molecular formula is C28H17FO6. The van der Waals surface area contributed by atoms with Crippen LogP contribution in [0.3, 0.4) is 0 Å². The molecule has 7 heteroatoms. The van der Waals surface area contributed by atoms with Crippen LogP contribution in [-0.4, -0.2) is 17.5 Å². The van der Waals surface area contributed by atoms with E-state index in [0.717, 1.165) is 12.1 Å². The van der Waals surface area contributed by atoms with Gasteiger partial charge in [-0.15, -0.1) is 0 Å². The fourth-order valence-corrected chi connectivity index (χ4v) is 5.59. The highest BCUT2D eigenvalue weighted by atomic mass is 19.1. The molecule has 35 heavy (non-hydrogen) atoms. The summed E-state index contributed by atoms with van der Waals surface area (Å²) < 4.78 is 24.4. The Labute approximate surface area is 198 Å². The molecule has 0 amide bonds. The third-order valence-corrected chi connectivity index (χ3v) is 7.32. The maximum Gasteiger partial charge on any atom is 0.347 e. The van der Waals surface area contributed by atoms with E-state index in [0.29, 0.717) is 16.5 Å². The molecule has 1 aromatic heterocycles. The van der Waals surface area contributed by atoms with Crippen molar-refractivity contribution >= 4 is 28.5 Å². The molecule has 0 spiro atoms. The fourth-order valence-electron chi connectivity index (χ4n) is 5.59. The second-order valence-corrected chi connectivity index (χ2v) is 9.02. The van der Waals surface area contributed by atoms with Crippen LogP contribution in [-0.2, 0) is 4.79 Å². The van der Waals surface area contributed by atoms with Crippen molar-refractivity contribution < 1.29 is 27.9 Å². The third-order valence-electron chi connectivity index (χ3n) is 7.32. The van der Waals surface area contributed by atoms with Gasteiger partial charge in [0.2, 0.25) is 0 Å². The van der Waals surface area contributed by atoms with E-state index in [9.17, 15) is 23.6 Å². The smallest absolute Gasteiger partial charge is 0.347 e. The molecule has 0 radical (unpaired) electrons. The molecule has 1 fully saturated rings. The zero-order valence-electron chi connectivity index (χ0n) is 18.4. The number of benzene rings is 3. The Hall–Kier alpha value is -4.39. The van der Waals surface area contributed by atoms with Crippen molar-refractivity contribution in [3.63, 3.8) is 0 Å². The Morgan fingerprint density at radius 1 is 0.886 bits per heavy atom. The van der Waals surface area contributed by atoms with Crippen LogP contribution in [0.4, 0.5) is 4.39 Å². The number of esters is 1. The topological polar surface area (TPSA) is 90.7 Å². The highest BCUT2D eigenvalue weighted by Crippen LogP contribution is 2.79. The Morgan fingerprint density at radius 3 is 2.34 bits per heavy atom. The quantitative estimate of drug-likeness (QED) is 0.142. The lowest BCUT2D eigenvalue weighted by Crippen LogP contribution is -2.40. The lowest BCUT2D eigenvalue weighted by atomic mass is 9.82. The summed E-state index contributed by atoms with van der Waals surface area (Å²) >= 11 is 0. The summed E-state index contributed by atoms with van der Waals surface area (Å²) in [5.41, 5.74) is -3.82. The maximum atomic E-state index is 14.1. The van der Waals surface area contributed by atoms with E-state index < -0.39 is 45.7 Å². The van der Waals surface area contributed by atoms with Crippen molar-refractivity contribution in [1.82, 2.24) is 0 Å². The van der Waals surface area contributed by atoms with Crippen LogP contribution in [0.2, 0.25) is 0 Å². The SMILES string of the molecule is C[C@]1(C(=O)c2ccc(F)cc2)[C@H]2c3ccccc3OC(=O)[C@@]21C(=O)c1cc2ccccc2oc1=O. The van der Waals surface area contributed by atoms with E-state index in [4.69, 9.17) is 9.15 Å². The monoisotopic (exact) mass is 468 g/mol. The molecule has 1 saturated carbocycles. The van der Waals surface area contributed by atoms with Gasteiger partial charge in [-0.05, 0) is 42.5 Å². The minimum atomic E-state index is -1.97. The molecule has 0 N–H and O–H groups in total. The third kappa shape index (κ3) is 2.63. The molecule has 6 rings (SSSR count). The summed E-state index contributed by atoms with van der Waals surface area (Å²) in [4.78, 5) is 54.3. The van der Waals surface area contributed by atoms with Gasteiger partial charge in [-0.2, -0.15) is 0 Å². The lowest BCUT2D eigenvalue weighted by molar-refractivity contribution is -0.140. The summed E-state index contributed by atoms with van der Waals surface area (Å²) in [6.07, 6.45) is 0. The number of ketones is 2. The van der Waals surface area contributed by atoms with Crippen molar-refractivity contribution in [2.24, 2.45) is 10.8 Å². The van der Waals surface area contributed by atoms with Crippen LogP contribution >= 0.6 is 0 Å². The number of rotatable bonds is 4. The number of carbonyl (C=O) groups is 3. The van der Waals surface area contributed by atoms with Gasteiger partial charge in [-0.25, -0.2) is 9.18 Å². The molecule has 1 aliphatic carbocycles. The first-order chi connectivity index (χ1) is 16.8. The van der Waals surface area contributed by atoms with E-state index in [1.54, 1.807) is 48.5 Å². The minimum absolute atomic E-state index is 0.145. The Bertz CT molecular complexity index is 1640. The van der Waals surface area contributed by atoms with Crippen molar-refractivity contribution in [2.75, 3.05) is 0 Å². The van der Waals surface area contributed by atoms with Gasteiger partial charge in [0.05, 0.1) is 5.41 Å². The number of Topliss-reactive ketones (excluding diaryl/α,β-unsaturated/α-hetero) is 2. The molecule has 3 aromatic carbocycles. The normalized spacial score (nSPS) is 24.3. The minimum Gasteiger partial charge on any atom is -0.425 e. The number of para-hydroxylation sites is 2. The van der Waals surface area contributed by atoms with Gasteiger partial charge in [-0.3, -0.25) is 14.4 Å². The van der Waals surface area contributed by atoms with Crippen molar-refractivity contribution in [3.05, 3.63) is 112 Å². The zero-order chi connectivity index (χ0) is 24.5. The molecule has 2 heterocycles. The molecule has 4 aromatic rings. The van der Waals surface area contributed by atoms with Gasteiger partial charge in [0.1, 0.15) is 22.7 Å². The Kier molecular flexibility index (Phi) is 4.27. The van der Waals surface area contributed by atoms with Crippen LogP contribution in [0.25, 0.3) is 11.0 Å².